The standard InChI is InChI=1S/C16H28N2/c1-3-8-15(9-4-1)17-12-7-13-18(14-17)16-10-5-2-6-11-16/h15-16H,1-13H2. The Balaban J connectivity index is 1.53. The predicted molar refractivity (Wildman–Crippen MR) is 75.0 cm³/mol. The Morgan fingerprint density at radius 1 is 0.556 bits per heavy atom. The first-order valence-electron chi connectivity index (χ1n) is 8.23. The van der Waals surface area contributed by atoms with Gasteiger partial charge in [0.25, 0.3) is 0 Å². The second kappa shape index (κ2) is 6.38. The number of nitrogens with zero attached hydrogens (tertiary/aromatic N) is 2. The fourth-order valence-corrected chi connectivity index (χ4v) is 3.99. The average Bonchev–Trinajstić information content (AvgIpc) is 2.49. The lowest BCUT2D eigenvalue weighted by Gasteiger charge is -2.44. The number of hydrogen-bond donors (Lipinski definition) is 0. The van der Waals surface area contributed by atoms with Crippen molar-refractivity contribution in [2.24, 2.45) is 0 Å². The highest BCUT2D eigenvalue weighted by Gasteiger charge is 2.30. The predicted octanol–water partition coefficient (Wildman–Crippen LogP) is 3.66. The van der Waals surface area contributed by atoms with Crippen molar-refractivity contribution >= 4 is 0 Å². The van der Waals surface area contributed by atoms with Crippen molar-refractivity contribution in [2.75, 3.05) is 13.1 Å². The largest absolute Gasteiger partial charge is 0.277 e. The van der Waals surface area contributed by atoms with Crippen molar-refractivity contribution in [3.63, 3.8) is 0 Å². The average molecular weight is 248 g/mol. The van der Waals surface area contributed by atoms with Gasteiger partial charge >= 0.3 is 0 Å². The van der Waals surface area contributed by atoms with Crippen LogP contribution in [0.5, 0.6) is 0 Å². The summed E-state index contributed by atoms with van der Waals surface area (Å²) in [6.45, 7) is 6.28. The summed E-state index contributed by atoms with van der Waals surface area (Å²) in [5, 5.41) is 0. The lowest BCUT2D eigenvalue weighted by Crippen LogP contribution is -2.49. The van der Waals surface area contributed by atoms with Gasteiger partial charge in [0.05, 0.1) is 0 Å². The van der Waals surface area contributed by atoms with Gasteiger partial charge in [0, 0.05) is 25.2 Å². The van der Waals surface area contributed by atoms with Crippen LogP contribution < -0.4 is 0 Å². The molecule has 1 aliphatic heterocycles. The van der Waals surface area contributed by atoms with Crippen LogP contribution in [0.3, 0.4) is 0 Å². The molecule has 0 aromatic rings. The molecule has 0 aromatic carbocycles. The van der Waals surface area contributed by atoms with E-state index in [9.17, 15) is 0 Å². The SMILES string of the molecule is [C]1N(C2CCCCC2)CCCN1C1CCCCC1. The van der Waals surface area contributed by atoms with Crippen LogP contribution in [0.1, 0.15) is 70.6 Å². The molecule has 18 heavy (non-hydrogen) atoms. The Kier molecular flexibility index (Phi) is 4.58. The Morgan fingerprint density at radius 3 is 1.44 bits per heavy atom. The van der Waals surface area contributed by atoms with Gasteiger partial charge in [-0.1, -0.05) is 38.5 Å². The molecule has 0 bridgehead atoms. The van der Waals surface area contributed by atoms with E-state index in [0.717, 1.165) is 12.1 Å². The third-order valence-electron chi connectivity index (χ3n) is 5.09. The topological polar surface area (TPSA) is 6.48 Å². The zero-order valence-corrected chi connectivity index (χ0v) is 11.7. The first-order chi connectivity index (χ1) is 8.93. The molecule has 0 spiro atoms. The lowest BCUT2D eigenvalue weighted by atomic mass is 9.92. The maximum absolute atomic E-state index is 3.76. The second-order valence-electron chi connectivity index (χ2n) is 6.42. The molecule has 2 aliphatic carbocycles. The minimum absolute atomic E-state index is 0.810. The van der Waals surface area contributed by atoms with Gasteiger partial charge in [-0.3, -0.25) is 9.80 Å². The maximum Gasteiger partial charge on any atom is 0.147 e. The zero-order chi connectivity index (χ0) is 12.2. The van der Waals surface area contributed by atoms with Crippen LogP contribution in [0.25, 0.3) is 0 Å². The molecule has 0 aromatic heterocycles. The third-order valence-corrected chi connectivity index (χ3v) is 5.09. The molecule has 3 fully saturated rings. The summed E-state index contributed by atoms with van der Waals surface area (Å²) >= 11 is 0. The van der Waals surface area contributed by atoms with E-state index in [4.69, 9.17) is 0 Å². The van der Waals surface area contributed by atoms with Crippen molar-refractivity contribution in [3.05, 3.63) is 6.67 Å². The van der Waals surface area contributed by atoms with E-state index in [-0.39, 0.29) is 0 Å². The second-order valence-corrected chi connectivity index (χ2v) is 6.42. The van der Waals surface area contributed by atoms with E-state index >= 15 is 0 Å². The van der Waals surface area contributed by atoms with Crippen LogP contribution in [0, 0.1) is 6.67 Å². The normalized spacial score (nSPS) is 30.7. The zero-order valence-electron chi connectivity index (χ0n) is 11.7. The van der Waals surface area contributed by atoms with Crippen molar-refractivity contribution in [3.8, 4) is 0 Å². The highest BCUT2D eigenvalue weighted by molar-refractivity contribution is 4.89. The quantitative estimate of drug-likeness (QED) is 0.736. The lowest BCUT2D eigenvalue weighted by molar-refractivity contribution is 0.0540. The van der Waals surface area contributed by atoms with Crippen LogP contribution in [0.2, 0.25) is 0 Å². The van der Waals surface area contributed by atoms with E-state index in [2.05, 4.69) is 16.5 Å². The summed E-state index contributed by atoms with van der Waals surface area (Å²) in [5.41, 5.74) is 0. The molecule has 1 saturated heterocycles. The highest BCUT2D eigenvalue weighted by atomic mass is 15.4. The van der Waals surface area contributed by atoms with Gasteiger partial charge in [0.1, 0.15) is 6.67 Å². The Bertz CT molecular complexity index is 217. The Morgan fingerprint density at radius 2 is 1.00 bits per heavy atom. The molecule has 0 N–H and O–H groups in total. The van der Waals surface area contributed by atoms with Crippen LogP contribution in [-0.2, 0) is 0 Å². The van der Waals surface area contributed by atoms with Gasteiger partial charge in [-0.25, -0.2) is 0 Å². The van der Waals surface area contributed by atoms with E-state index < -0.39 is 0 Å². The van der Waals surface area contributed by atoms with E-state index in [1.165, 1.54) is 83.7 Å². The number of rotatable bonds is 2. The molecule has 3 aliphatic rings. The van der Waals surface area contributed by atoms with E-state index in [1.807, 2.05) is 0 Å². The smallest absolute Gasteiger partial charge is 0.147 e. The summed E-state index contributed by atoms with van der Waals surface area (Å²) in [7, 11) is 0. The molecule has 2 saturated carbocycles. The Labute approximate surface area is 113 Å². The van der Waals surface area contributed by atoms with Gasteiger partial charge in [-0.15, -0.1) is 0 Å². The van der Waals surface area contributed by atoms with E-state index in [1.54, 1.807) is 0 Å². The summed E-state index contributed by atoms with van der Waals surface area (Å²) in [6.07, 6.45) is 15.6. The monoisotopic (exact) mass is 248 g/mol. The van der Waals surface area contributed by atoms with Crippen LogP contribution in [0.4, 0.5) is 0 Å². The molecule has 102 valence electrons. The molecule has 2 radical (unpaired) electrons. The van der Waals surface area contributed by atoms with Gasteiger partial charge in [-0.05, 0) is 32.1 Å². The molecular weight excluding hydrogens is 220 g/mol. The molecule has 3 rings (SSSR count). The van der Waals surface area contributed by atoms with Crippen molar-refractivity contribution in [1.82, 2.24) is 9.80 Å². The van der Waals surface area contributed by atoms with Gasteiger partial charge in [-0.2, -0.15) is 0 Å². The highest BCUT2D eigenvalue weighted by Crippen LogP contribution is 2.30. The minimum atomic E-state index is 0.810. The van der Waals surface area contributed by atoms with Gasteiger partial charge < -0.3 is 0 Å². The van der Waals surface area contributed by atoms with Crippen molar-refractivity contribution < 1.29 is 0 Å². The molecular formula is C16H28N2. The first kappa shape index (κ1) is 12.9. The summed E-state index contributed by atoms with van der Waals surface area (Å²) < 4.78 is 0. The summed E-state index contributed by atoms with van der Waals surface area (Å²) in [5.74, 6) is 0. The first-order valence-corrected chi connectivity index (χ1v) is 8.23. The van der Waals surface area contributed by atoms with Crippen molar-refractivity contribution in [1.29, 1.82) is 0 Å². The fraction of sp³-hybridized carbons (Fsp3) is 0.938. The fourth-order valence-electron chi connectivity index (χ4n) is 3.99. The van der Waals surface area contributed by atoms with Crippen LogP contribution in [0.15, 0.2) is 0 Å². The molecule has 2 heteroatoms. The molecule has 0 atom stereocenters. The third kappa shape index (κ3) is 3.08. The minimum Gasteiger partial charge on any atom is -0.277 e. The van der Waals surface area contributed by atoms with Crippen LogP contribution in [-0.4, -0.2) is 35.0 Å². The Hall–Kier alpha value is -0.0800. The van der Waals surface area contributed by atoms with Crippen molar-refractivity contribution in [2.45, 2.75) is 82.7 Å². The van der Waals surface area contributed by atoms with E-state index in [0.29, 0.717) is 0 Å². The summed E-state index contributed by atoms with van der Waals surface area (Å²) in [6, 6.07) is 1.62. The maximum atomic E-state index is 3.76. The molecule has 1 heterocycles. The summed E-state index contributed by atoms with van der Waals surface area (Å²) in [4.78, 5) is 5.13. The van der Waals surface area contributed by atoms with Gasteiger partial charge in [0.2, 0.25) is 0 Å². The van der Waals surface area contributed by atoms with Gasteiger partial charge in [0.15, 0.2) is 0 Å². The molecule has 2 nitrogen and oxygen atoms in total. The molecule has 0 unspecified atom stereocenters. The van der Waals surface area contributed by atoms with Crippen LogP contribution >= 0.6 is 0 Å². The number of hydrogen-bond acceptors (Lipinski definition) is 2. The molecule has 0 amide bonds.